The summed E-state index contributed by atoms with van der Waals surface area (Å²) in [5.74, 6) is -0.248. The molecule has 0 aliphatic rings. The summed E-state index contributed by atoms with van der Waals surface area (Å²) in [5, 5.41) is 18.2. The number of aromatic nitrogens is 6. The topological polar surface area (TPSA) is 115 Å². The largest absolute Gasteiger partial charge is 0.337 e. The van der Waals surface area contributed by atoms with E-state index in [2.05, 4.69) is 42.7 Å². The SMILES string of the molecule is C=CC(=O)Nc1ccc(F)c(Nc2nc(Nc3cnn(C)c3)ncc2-c2ccc3c(cnn3C)c2)c1. The number of amides is 1. The Labute approximate surface area is 205 Å². The zero-order valence-electron chi connectivity index (χ0n) is 19.5. The molecule has 5 rings (SSSR count). The van der Waals surface area contributed by atoms with E-state index in [0.29, 0.717) is 28.7 Å². The molecule has 0 spiro atoms. The summed E-state index contributed by atoms with van der Waals surface area (Å²) in [6, 6.07) is 10.1. The van der Waals surface area contributed by atoms with Gasteiger partial charge in [0.1, 0.15) is 11.6 Å². The molecule has 0 aliphatic carbocycles. The van der Waals surface area contributed by atoms with Crippen LogP contribution >= 0.6 is 0 Å². The number of nitrogens with one attached hydrogen (secondary N) is 3. The number of fused-ring (bicyclic) bond motifs is 1. The highest BCUT2D eigenvalue weighted by atomic mass is 19.1. The third-order valence-corrected chi connectivity index (χ3v) is 5.48. The number of carbonyl (C=O) groups is 1. The molecule has 3 heterocycles. The van der Waals surface area contributed by atoms with Gasteiger partial charge in [0.25, 0.3) is 0 Å². The predicted molar refractivity (Wildman–Crippen MR) is 137 cm³/mol. The fourth-order valence-electron chi connectivity index (χ4n) is 3.71. The van der Waals surface area contributed by atoms with Gasteiger partial charge in [-0.25, -0.2) is 9.37 Å². The Morgan fingerprint density at radius 1 is 1.03 bits per heavy atom. The smallest absolute Gasteiger partial charge is 0.247 e. The number of hydrogen-bond acceptors (Lipinski definition) is 7. The lowest BCUT2D eigenvalue weighted by molar-refractivity contribution is -0.111. The highest BCUT2D eigenvalue weighted by Crippen LogP contribution is 2.33. The monoisotopic (exact) mass is 483 g/mol. The highest BCUT2D eigenvalue weighted by Gasteiger charge is 2.15. The maximum absolute atomic E-state index is 14.8. The van der Waals surface area contributed by atoms with Crippen LogP contribution in [0.4, 0.5) is 33.2 Å². The normalized spacial score (nSPS) is 10.9. The number of aryl methyl sites for hydroxylation is 2. The van der Waals surface area contributed by atoms with Crippen molar-refractivity contribution in [2.45, 2.75) is 0 Å². The van der Waals surface area contributed by atoms with E-state index < -0.39 is 11.7 Å². The molecule has 0 aliphatic heterocycles. The zero-order chi connectivity index (χ0) is 25.2. The minimum absolute atomic E-state index is 0.131. The van der Waals surface area contributed by atoms with E-state index in [9.17, 15) is 9.18 Å². The van der Waals surface area contributed by atoms with E-state index in [0.717, 1.165) is 22.5 Å². The van der Waals surface area contributed by atoms with Crippen molar-refractivity contribution >= 4 is 45.6 Å². The summed E-state index contributed by atoms with van der Waals surface area (Å²) >= 11 is 0. The molecule has 36 heavy (non-hydrogen) atoms. The number of halogens is 1. The van der Waals surface area contributed by atoms with E-state index in [1.54, 1.807) is 41.2 Å². The van der Waals surface area contributed by atoms with Gasteiger partial charge < -0.3 is 16.0 Å². The van der Waals surface area contributed by atoms with Crippen molar-refractivity contribution in [3.05, 3.63) is 79.7 Å². The molecule has 0 unspecified atom stereocenters. The van der Waals surface area contributed by atoms with Crippen LogP contribution in [0.3, 0.4) is 0 Å². The van der Waals surface area contributed by atoms with Gasteiger partial charge in [-0.1, -0.05) is 12.6 Å². The maximum atomic E-state index is 14.8. The molecular weight excluding hydrogens is 461 g/mol. The Hall–Kier alpha value is -5.06. The first-order valence-electron chi connectivity index (χ1n) is 10.9. The average Bonchev–Trinajstić information content (AvgIpc) is 3.45. The van der Waals surface area contributed by atoms with Crippen LogP contribution in [0.1, 0.15) is 0 Å². The molecule has 3 N–H and O–H groups in total. The quantitative estimate of drug-likeness (QED) is 0.292. The van der Waals surface area contributed by atoms with Crippen molar-refractivity contribution < 1.29 is 9.18 Å². The minimum Gasteiger partial charge on any atom is -0.337 e. The molecule has 0 bridgehead atoms. The summed E-state index contributed by atoms with van der Waals surface area (Å²) < 4.78 is 18.2. The number of hydrogen-bond donors (Lipinski definition) is 3. The molecular formula is C25H22FN9O. The van der Waals surface area contributed by atoms with Crippen LogP contribution in [-0.2, 0) is 18.9 Å². The second-order valence-electron chi connectivity index (χ2n) is 8.04. The standard InChI is InChI=1S/C25H22FN9O/c1-4-23(36)30-17-6-7-20(26)21(10-17)32-24-19(15-5-8-22-16(9-15)11-29-35(22)3)13-27-25(33-24)31-18-12-28-34(2)14-18/h4-14H,1H2,2-3H3,(H,30,36)(H2,27,31,32,33). The Bertz CT molecular complexity index is 1600. The molecule has 5 aromatic rings. The number of rotatable bonds is 7. The van der Waals surface area contributed by atoms with Gasteiger partial charge in [-0.05, 0) is 42.0 Å². The zero-order valence-corrected chi connectivity index (χ0v) is 19.5. The lowest BCUT2D eigenvalue weighted by Gasteiger charge is -2.14. The van der Waals surface area contributed by atoms with Crippen molar-refractivity contribution in [3.63, 3.8) is 0 Å². The van der Waals surface area contributed by atoms with E-state index in [4.69, 9.17) is 0 Å². The Morgan fingerprint density at radius 2 is 1.89 bits per heavy atom. The molecule has 0 radical (unpaired) electrons. The van der Waals surface area contributed by atoms with Gasteiger partial charge in [-0.3, -0.25) is 14.2 Å². The second-order valence-corrected chi connectivity index (χ2v) is 8.04. The first-order valence-corrected chi connectivity index (χ1v) is 10.9. The molecule has 180 valence electrons. The molecule has 2 aromatic carbocycles. The lowest BCUT2D eigenvalue weighted by atomic mass is 10.1. The maximum Gasteiger partial charge on any atom is 0.247 e. The van der Waals surface area contributed by atoms with E-state index >= 15 is 0 Å². The van der Waals surface area contributed by atoms with Gasteiger partial charge in [0, 0.05) is 43.1 Å². The number of anilines is 5. The molecule has 10 nitrogen and oxygen atoms in total. The minimum atomic E-state index is -0.513. The van der Waals surface area contributed by atoms with E-state index in [1.165, 1.54) is 18.2 Å². The summed E-state index contributed by atoms with van der Waals surface area (Å²) in [5.41, 5.74) is 3.69. The Balaban J connectivity index is 1.56. The fraction of sp³-hybridized carbons (Fsp3) is 0.0800. The summed E-state index contributed by atoms with van der Waals surface area (Å²) in [6.07, 6.45) is 8.01. The molecule has 0 atom stereocenters. The van der Waals surface area contributed by atoms with Crippen LogP contribution in [0, 0.1) is 5.82 Å². The van der Waals surface area contributed by atoms with Crippen LogP contribution in [0.2, 0.25) is 0 Å². The number of benzene rings is 2. The van der Waals surface area contributed by atoms with Crippen LogP contribution in [0.5, 0.6) is 0 Å². The Morgan fingerprint density at radius 3 is 2.67 bits per heavy atom. The van der Waals surface area contributed by atoms with Crippen molar-refractivity contribution in [1.82, 2.24) is 29.5 Å². The van der Waals surface area contributed by atoms with Gasteiger partial charge >= 0.3 is 0 Å². The second kappa shape index (κ2) is 9.29. The first-order chi connectivity index (χ1) is 17.4. The van der Waals surface area contributed by atoms with Crippen LogP contribution in [-0.4, -0.2) is 35.4 Å². The molecule has 11 heteroatoms. The number of carbonyl (C=O) groups excluding carboxylic acids is 1. The molecule has 0 saturated carbocycles. The third kappa shape index (κ3) is 4.62. The molecule has 3 aromatic heterocycles. The van der Waals surface area contributed by atoms with E-state index in [1.807, 2.05) is 25.2 Å². The predicted octanol–water partition coefficient (Wildman–Crippen LogP) is 4.51. The molecule has 0 fully saturated rings. The lowest BCUT2D eigenvalue weighted by Crippen LogP contribution is -2.08. The van der Waals surface area contributed by atoms with Gasteiger partial charge in [-0.15, -0.1) is 0 Å². The molecule has 0 saturated heterocycles. The van der Waals surface area contributed by atoms with Crippen LogP contribution < -0.4 is 16.0 Å². The van der Waals surface area contributed by atoms with Crippen LogP contribution in [0.15, 0.2) is 73.8 Å². The number of nitrogens with zero attached hydrogens (tertiary/aromatic N) is 6. The summed E-state index contributed by atoms with van der Waals surface area (Å²) in [4.78, 5) is 20.8. The van der Waals surface area contributed by atoms with Gasteiger partial charge in [0.2, 0.25) is 11.9 Å². The molecule has 1 amide bonds. The first kappa shape index (κ1) is 22.7. The third-order valence-electron chi connectivity index (χ3n) is 5.48. The van der Waals surface area contributed by atoms with Gasteiger partial charge in [-0.2, -0.15) is 15.2 Å². The fourth-order valence-corrected chi connectivity index (χ4v) is 3.71. The van der Waals surface area contributed by atoms with Crippen LogP contribution in [0.25, 0.3) is 22.0 Å². The average molecular weight is 484 g/mol. The van der Waals surface area contributed by atoms with Crippen molar-refractivity contribution in [2.24, 2.45) is 14.1 Å². The van der Waals surface area contributed by atoms with Gasteiger partial charge in [0.15, 0.2) is 0 Å². The van der Waals surface area contributed by atoms with E-state index in [-0.39, 0.29) is 5.69 Å². The summed E-state index contributed by atoms with van der Waals surface area (Å²) in [6.45, 7) is 3.44. The van der Waals surface area contributed by atoms with Crippen molar-refractivity contribution in [2.75, 3.05) is 16.0 Å². The Kier molecular flexibility index (Phi) is 5.87. The van der Waals surface area contributed by atoms with Crippen molar-refractivity contribution in [3.8, 4) is 11.1 Å². The highest BCUT2D eigenvalue weighted by molar-refractivity contribution is 5.99. The van der Waals surface area contributed by atoms with Gasteiger partial charge in [0.05, 0.1) is 29.3 Å². The summed E-state index contributed by atoms with van der Waals surface area (Å²) in [7, 11) is 3.68. The van der Waals surface area contributed by atoms with Crippen molar-refractivity contribution in [1.29, 1.82) is 0 Å².